The van der Waals surface area contributed by atoms with Gasteiger partial charge in [-0.15, -0.1) is 11.3 Å². The number of primary amides is 1. The first-order chi connectivity index (χ1) is 13.9. The van der Waals surface area contributed by atoms with Crippen LogP contribution in [0.1, 0.15) is 26.5 Å². The van der Waals surface area contributed by atoms with Gasteiger partial charge in [0.15, 0.2) is 0 Å². The first-order valence-corrected chi connectivity index (χ1v) is 9.82. The van der Waals surface area contributed by atoms with Gasteiger partial charge in [-0.1, -0.05) is 35.9 Å². The number of halogens is 1. The van der Waals surface area contributed by atoms with Crippen LogP contribution in [0.2, 0.25) is 5.02 Å². The van der Waals surface area contributed by atoms with Crippen molar-refractivity contribution in [3.63, 3.8) is 0 Å². The quantitative estimate of drug-likeness (QED) is 0.535. The maximum Gasteiger partial charge on any atom is 0.267 e. The molecule has 3 aromatic rings. The molecule has 0 radical (unpaired) electrons. The molecule has 2 aromatic carbocycles. The number of nitrogens with one attached hydrogen (secondary N) is 2. The molecule has 0 atom stereocenters. The average molecular weight is 429 g/mol. The van der Waals surface area contributed by atoms with Crippen LogP contribution < -0.4 is 16.4 Å². The van der Waals surface area contributed by atoms with E-state index < -0.39 is 5.91 Å². The average Bonchev–Trinajstić information content (AvgIpc) is 3.18. The summed E-state index contributed by atoms with van der Waals surface area (Å²) < 4.78 is 0. The number of carbonyl (C=O) groups excluding carboxylic acids is 3. The highest BCUT2D eigenvalue weighted by molar-refractivity contribution is 7.17. The van der Waals surface area contributed by atoms with Gasteiger partial charge in [-0.25, -0.2) is 4.98 Å². The van der Waals surface area contributed by atoms with Gasteiger partial charge >= 0.3 is 0 Å². The van der Waals surface area contributed by atoms with Crippen LogP contribution in [0, 0.1) is 0 Å². The van der Waals surface area contributed by atoms with E-state index in [1.54, 1.807) is 30.3 Å². The first-order valence-electron chi connectivity index (χ1n) is 8.62. The SMILES string of the molecule is NC(=O)CCNC(=O)c1cccc(NC(=O)c2cnc(-c3ccccc3Cl)s2)c1. The van der Waals surface area contributed by atoms with E-state index in [4.69, 9.17) is 17.3 Å². The van der Waals surface area contributed by atoms with E-state index in [9.17, 15) is 14.4 Å². The Bertz CT molecular complexity index is 1070. The number of amides is 3. The molecule has 4 N–H and O–H groups in total. The minimum absolute atomic E-state index is 0.0569. The van der Waals surface area contributed by atoms with Crippen LogP contribution >= 0.6 is 22.9 Å². The zero-order chi connectivity index (χ0) is 20.8. The molecular formula is C20H17ClN4O3S. The Morgan fingerprint density at radius 3 is 2.62 bits per heavy atom. The van der Waals surface area contributed by atoms with Gasteiger partial charge in [0.05, 0.1) is 11.2 Å². The smallest absolute Gasteiger partial charge is 0.267 e. The lowest BCUT2D eigenvalue weighted by atomic mass is 10.2. The fraction of sp³-hybridized carbons (Fsp3) is 0.100. The van der Waals surface area contributed by atoms with Gasteiger partial charge in [0.1, 0.15) is 9.88 Å². The molecular weight excluding hydrogens is 412 g/mol. The van der Waals surface area contributed by atoms with Crippen molar-refractivity contribution in [2.24, 2.45) is 5.73 Å². The number of hydrogen-bond donors (Lipinski definition) is 3. The predicted octanol–water partition coefficient (Wildman–Crippen LogP) is 3.32. The van der Waals surface area contributed by atoms with E-state index in [1.807, 2.05) is 18.2 Å². The molecule has 7 nitrogen and oxygen atoms in total. The molecule has 148 valence electrons. The number of nitrogens with zero attached hydrogens (tertiary/aromatic N) is 1. The van der Waals surface area contributed by atoms with Crippen molar-refractivity contribution in [2.75, 3.05) is 11.9 Å². The third-order valence-corrected chi connectivity index (χ3v) is 5.23. The summed E-state index contributed by atoms with van der Waals surface area (Å²) in [6, 6.07) is 13.8. The molecule has 0 aliphatic carbocycles. The normalized spacial score (nSPS) is 10.4. The van der Waals surface area contributed by atoms with Crippen LogP contribution in [-0.2, 0) is 4.79 Å². The summed E-state index contributed by atoms with van der Waals surface area (Å²) in [5.41, 5.74) is 6.62. The third kappa shape index (κ3) is 5.40. The largest absolute Gasteiger partial charge is 0.370 e. The zero-order valence-electron chi connectivity index (χ0n) is 15.1. The third-order valence-electron chi connectivity index (χ3n) is 3.87. The van der Waals surface area contributed by atoms with Crippen molar-refractivity contribution in [3.8, 4) is 10.6 Å². The Balaban J connectivity index is 1.68. The number of hydrogen-bond acceptors (Lipinski definition) is 5. The Kier molecular flexibility index (Phi) is 6.58. The second kappa shape index (κ2) is 9.31. The fourth-order valence-corrected chi connectivity index (χ4v) is 3.60. The molecule has 0 saturated carbocycles. The molecule has 9 heteroatoms. The molecule has 0 fully saturated rings. The monoisotopic (exact) mass is 428 g/mol. The van der Waals surface area contributed by atoms with Gasteiger partial charge in [0.2, 0.25) is 5.91 Å². The van der Waals surface area contributed by atoms with Crippen LogP contribution in [0.25, 0.3) is 10.6 Å². The van der Waals surface area contributed by atoms with E-state index >= 15 is 0 Å². The Morgan fingerprint density at radius 2 is 1.86 bits per heavy atom. The molecule has 0 unspecified atom stereocenters. The molecule has 0 bridgehead atoms. The standard InChI is InChI=1S/C20H17ClN4O3S/c21-15-7-2-1-6-14(15)20-24-11-16(29-20)19(28)25-13-5-3-4-12(10-13)18(27)23-9-8-17(22)26/h1-7,10-11H,8-9H2,(H2,22,26)(H,23,27)(H,25,28). The maximum absolute atomic E-state index is 12.5. The summed E-state index contributed by atoms with van der Waals surface area (Å²) >= 11 is 7.40. The second-order valence-electron chi connectivity index (χ2n) is 6.02. The molecule has 0 aliphatic rings. The summed E-state index contributed by atoms with van der Waals surface area (Å²) in [5, 5.41) is 6.55. The summed E-state index contributed by atoms with van der Waals surface area (Å²) in [4.78, 5) is 40.1. The van der Waals surface area contributed by atoms with Crippen molar-refractivity contribution in [2.45, 2.75) is 6.42 Å². The van der Waals surface area contributed by atoms with E-state index in [1.165, 1.54) is 17.5 Å². The number of carbonyl (C=O) groups is 3. The van der Waals surface area contributed by atoms with Crippen LogP contribution in [0.3, 0.4) is 0 Å². The highest BCUT2D eigenvalue weighted by Crippen LogP contribution is 2.31. The lowest BCUT2D eigenvalue weighted by molar-refractivity contribution is -0.117. The van der Waals surface area contributed by atoms with E-state index in [2.05, 4.69) is 15.6 Å². The number of aromatic nitrogens is 1. The highest BCUT2D eigenvalue weighted by atomic mass is 35.5. The van der Waals surface area contributed by atoms with Crippen molar-refractivity contribution in [1.82, 2.24) is 10.3 Å². The number of thiazole rings is 1. The van der Waals surface area contributed by atoms with Gasteiger partial charge in [0.25, 0.3) is 11.8 Å². The lowest BCUT2D eigenvalue weighted by Gasteiger charge is -2.07. The minimum Gasteiger partial charge on any atom is -0.370 e. The van der Waals surface area contributed by atoms with Crippen LogP contribution in [0.5, 0.6) is 0 Å². The van der Waals surface area contributed by atoms with Crippen molar-refractivity contribution >= 4 is 46.3 Å². The van der Waals surface area contributed by atoms with Crippen molar-refractivity contribution in [1.29, 1.82) is 0 Å². The number of benzene rings is 2. The highest BCUT2D eigenvalue weighted by Gasteiger charge is 2.14. The Morgan fingerprint density at radius 1 is 1.07 bits per heavy atom. The van der Waals surface area contributed by atoms with Crippen LogP contribution in [0.15, 0.2) is 54.7 Å². The van der Waals surface area contributed by atoms with Gasteiger partial charge in [-0.2, -0.15) is 0 Å². The number of nitrogens with two attached hydrogens (primary N) is 1. The van der Waals surface area contributed by atoms with E-state index in [-0.39, 0.29) is 24.8 Å². The molecule has 3 rings (SSSR count). The van der Waals surface area contributed by atoms with Crippen molar-refractivity contribution < 1.29 is 14.4 Å². The Labute approximate surface area is 175 Å². The van der Waals surface area contributed by atoms with E-state index in [0.29, 0.717) is 26.2 Å². The molecule has 1 aromatic heterocycles. The Hall–Kier alpha value is -3.23. The molecule has 3 amide bonds. The second-order valence-corrected chi connectivity index (χ2v) is 7.45. The summed E-state index contributed by atoms with van der Waals surface area (Å²) in [6.07, 6.45) is 1.54. The topological polar surface area (TPSA) is 114 Å². The molecule has 1 heterocycles. The first kappa shape index (κ1) is 20.5. The lowest BCUT2D eigenvalue weighted by Crippen LogP contribution is -2.27. The fourth-order valence-electron chi connectivity index (χ4n) is 2.47. The molecule has 0 saturated heterocycles. The summed E-state index contributed by atoms with van der Waals surface area (Å²) in [7, 11) is 0. The van der Waals surface area contributed by atoms with Crippen LogP contribution in [0.4, 0.5) is 5.69 Å². The molecule has 29 heavy (non-hydrogen) atoms. The predicted molar refractivity (Wildman–Crippen MR) is 113 cm³/mol. The molecule has 0 aliphatic heterocycles. The number of anilines is 1. The maximum atomic E-state index is 12.5. The van der Waals surface area contributed by atoms with Gasteiger partial charge in [-0.3, -0.25) is 14.4 Å². The summed E-state index contributed by atoms with van der Waals surface area (Å²) in [6.45, 7) is 0.149. The molecule has 0 spiro atoms. The minimum atomic E-state index is -0.493. The van der Waals surface area contributed by atoms with E-state index in [0.717, 1.165) is 5.56 Å². The van der Waals surface area contributed by atoms with Crippen LogP contribution in [-0.4, -0.2) is 29.3 Å². The zero-order valence-corrected chi connectivity index (χ0v) is 16.7. The van der Waals surface area contributed by atoms with Crippen molar-refractivity contribution in [3.05, 3.63) is 70.2 Å². The number of rotatable bonds is 7. The van der Waals surface area contributed by atoms with Gasteiger partial charge in [-0.05, 0) is 24.3 Å². The van der Waals surface area contributed by atoms with Gasteiger partial charge in [0, 0.05) is 29.8 Å². The van der Waals surface area contributed by atoms with Gasteiger partial charge < -0.3 is 16.4 Å². The summed E-state index contributed by atoms with van der Waals surface area (Å²) in [5.74, 6) is -1.19.